The highest BCUT2D eigenvalue weighted by molar-refractivity contribution is 4.95. The molecule has 2 fully saturated rings. The largest absolute Gasteiger partial charge is 0.344 e. The Morgan fingerprint density at radius 3 is 2.46 bits per heavy atom. The van der Waals surface area contributed by atoms with E-state index >= 15 is 0 Å². The van der Waals surface area contributed by atoms with Gasteiger partial charge in [-0.1, -0.05) is 20.3 Å². The number of fused-ring (bicyclic) bond motifs is 1. The van der Waals surface area contributed by atoms with Crippen molar-refractivity contribution in [3.8, 4) is 0 Å². The van der Waals surface area contributed by atoms with Gasteiger partial charge in [-0.25, -0.2) is 0 Å². The predicted molar refractivity (Wildman–Crippen MR) is 51.4 cm³/mol. The quantitative estimate of drug-likeness (QED) is 0.623. The summed E-state index contributed by atoms with van der Waals surface area (Å²) in [6, 6.07) is 0. The van der Waals surface area contributed by atoms with Gasteiger partial charge in [-0.3, -0.25) is 0 Å². The van der Waals surface area contributed by atoms with Crippen LogP contribution in [0.5, 0.6) is 0 Å². The SMILES string of the molecule is CCC1CC(C)C2OC(C)(C)OC12. The second-order valence-electron chi connectivity index (χ2n) is 4.95. The lowest BCUT2D eigenvalue weighted by Crippen LogP contribution is -2.24. The van der Waals surface area contributed by atoms with Gasteiger partial charge in [0.1, 0.15) is 0 Å². The van der Waals surface area contributed by atoms with Crippen LogP contribution in [0.25, 0.3) is 0 Å². The zero-order valence-electron chi connectivity index (χ0n) is 9.04. The molecule has 2 heteroatoms. The molecule has 0 amide bonds. The molecule has 13 heavy (non-hydrogen) atoms. The zero-order valence-corrected chi connectivity index (χ0v) is 9.04. The van der Waals surface area contributed by atoms with Crippen LogP contribution >= 0.6 is 0 Å². The molecule has 1 aliphatic carbocycles. The standard InChI is InChI=1S/C11H20O2/c1-5-8-6-7(2)9-10(8)13-11(3,4)12-9/h7-10H,5-6H2,1-4H3. The monoisotopic (exact) mass is 184 g/mol. The molecule has 2 aliphatic rings. The average Bonchev–Trinajstić information content (AvgIpc) is 2.47. The van der Waals surface area contributed by atoms with Crippen molar-refractivity contribution >= 4 is 0 Å². The molecule has 2 nitrogen and oxygen atoms in total. The third kappa shape index (κ3) is 1.50. The third-order valence-electron chi connectivity index (χ3n) is 3.39. The zero-order chi connectivity index (χ0) is 9.64. The fourth-order valence-corrected chi connectivity index (χ4v) is 2.77. The summed E-state index contributed by atoms with van der Waals surface area (Å²) in [5, 5.41) is 0. The Balaban J connectivity index is 2.12. The molecular formula is C11H20O2. The first-order chi connectivity index (χ1) is 6.03. The molecule has 0 aromatic carbocycles. The first kappa shape index (κ1) is 9.47. The van der Waals surface area contributed by atoms with Crippen LogP contribution < -0.4 is 0 Å². The average molecular weight is 184 g/mol. The summed E-state index contributed by atoms with van der Waals surface area (Å²) in [4.78, 5) is 0. The van der Waals surface area contributed by atoms with Crippen molar-refractivity contribution in [3.63, 3.8) is 0 Å². The van der Waals surface area contributed by atoms with Crippen LogP contribution in [0.15, 0.2) is 0 Å². The second kappa shape index (κ2) is 2.96. The minimum absolute atomic E-state index is 0.347. The van der Waals surface area contributed by atoms with Gasteiger partial charge in [0.25, 0.3) is 0 Å². The lowest BCUT2D eigenvalue weighted by Gasteiger charge is -2.21. The summed E-state index contributed by atoms with van der Waals surface area (Å²) in [6.07, 6.45) is 3.18. The van der Waals surface area contributed by atoms with Crippen molar-refractivity contribution in [2.75, 3.05) is 0 Å². The van der Waals surface area contributed by atoms with Crippen LogP contribution in [0, 0.1) is 11.8 Å². The highest BCUT2D eigenvalue weighted by Crippen LogP contribution is 2.45. The maximum atomic E-state index is 5.92. The molecule has 0 aromatic heterocycles. The van der Waals surface area contributed by atoms with Gasteiger partial charge in [-0.05, 0) is 32.1 Å². The van der Waals surface area contributed by atoms with E-state index in [9.17, 15) is 0 Å². The molecule has 1 saturated heterocycles. The van der Waals surface area contributed by atoms with Gasteiger partial charge in [0.2, 0.25) is 0 Å². The number of rotatable bonds is 1. The van der Waals surface area contributed by atoms with Gasteiger partial charge >= 0.3 is 0 Å². The molecule has 1 heterocycles. The molecule has 0 bridgehead atoms. The van der Waals surface area contributed by atoms with E-state index in [0.717, 1.165) is 0 Å². The number of ether oxygens (including phenoxy) is 2. The van der Waals surface area contributed by atoms with Crippen molar-refractivity contribution in [1.29, 1.82) is 0 Å². The maximum Gasteiger partial charge on any atom is 0.163 e. The van der Waals surface area contributed by atoms with Gasteiger partial charge < -0.3 is 9.47 Å². The molecule has 0 spiro atoms. The molecule has 2 rings (SSSR count). The van der Waals surface area contributed by atoms with E-state index in [2.05, 4.69) is 13.8 Å². The summed E-state index contributed by atoms with van der Waals surface area (Å²) < 4.78 is 11.8. The van der Waals surface area contributed by atoms with E-state index in [1.165, 1.54) is 12.8 Å². The van der Waals surface area contributed by atoms with Gasteiger partial charge in [-0.2, -0.15) is 0 Å². The molecule has 4 unspecified atom stereocenters. The molecule has 4 atom stereocenters. The maximum absolute atomic E-state index is 5.92. The van der Waals surface area contributed by atoms with Crippen molar-refractivity contribution < 1.29 is 9.47 Å². The summed E-state index contributed by atoms with van der Waals surface area (Å²) in [5.41, 5.74) is 0. The summed E-state index contributed by atoms with van der Waals surface area (Å²) in [5.74, 6) is 1.02. The fraction of sp³-hybridized carbons (Fsp3) is 1.00. The van der Waals surface area contributed by atoms with Crippen molar-refractivity contribution in [2.24, 2.45) is 11.8 Å². The molecule has 0 aromatic rings. The summed E-state index contributed by atoms with van der Waals surface area (Å²) >= 11 is 0. The van der Waals surface area contributed by atoms with Gasteiger partial charge in [-0.15, -0.1) is 0 Å². The normalized spacial score (nSPS) is 48.0. The van der Waals surface area contributed by atoms with E-state index in [-0.39, 0.29) is 5.79 Å². The van der Waals surface area contributed by atoms with Gasteiger partial charge in [0.15, 0.2) is 5.79 Å². The van der Waals surface area contributed by atoms with Crippen LogP contribution in [0.2, 0.25) is 0 Å². The van der Waals surface area contributed by atoms with Crippen molar-refractivity contribution in [1.82, 2.24) is 0 Å². The molecule has 1 saturated carbocycles. The Hall–Kier alpha value is -0.0800. The third-order valence-corrected chi connectivity index (χ3v) is 3.39. The van der Waals surface area contributed by atoms with E-state index in [1.807, 2.05) is 13.8 Å². The first-order valence-corrected chi connectivity index (χ1v) is 5.39. The van der Waals surface area contributed by atoms with E-state index in [1.54, 1.807) is 0 Å². The lowest BCUT2D eigenvalue weighted by atomic mass is 10.0. The Labute approximate surface area is 80.6 Å². The van der Waals surface area contributed by atoms with Crippen LogP contribution in [0.4, 0.5) is 0 Å². The topological polar surface area (TPSA) is 18.5 Å². The second-order valence-corrected chi connectivity index (χ2v) is 4.95. The predicted octanol–water partition coefficient (Wildman–Crippen LogP) is 2.57. The molecule has 76 valence electrons. The van der Waals surface area contributed by atoms with Crippen LogP contribution in [-0.2, 0) is 9.47 Å². The lowest BCUT2D eigenvalue weighted by molar-refractivity contribution is -0.160. The van der Waals surface area contributed by atoms with Gasteiger partial charge in [0, 0.05) is 0 Å². The highest BCUT2D eigenvalue weighted by Gasteiger charge is 2.51. The fourth-order valence-electron chi connectivity index (χ4n) is 2.77. The minimum Gasteiger partial charge on any atom is -0.344 e. The number of hydrogen-bond acceptors (Lipinski definition) is 2. The van der Waals surface area contributed by atoms with Crippen LogP contribution in [-0.4, -0.2) is 18.0 Å². The smallest absolute Gasteiger partial charge is 0.163 e. The van der Waals surface area contributed by atoms with Crippen molar-refractivity contribution in [2.45, 2.75) is 58.5 Å². The van der Waals surface area contributed by atoms with E-state index in [0.29, 0.717) is 24.0 Å². The first-order valence-electron chi connectivity index (χ1n) is 5.39. The Morgan fingerprint density at radius 2 is 1.85 bits per heavy atom. The molecular weight excluding hydrogens is 164 g/mol. The Morgan fingerprint density at radius 1 is 1.23 bits per heavy atom. The minimum atomic E-state index is -0.350. The van der Waals surface area contributed by atoms with Crippen LogP contribution in [0.3, 0.4) is 0 Å². The van der Waals surface area contributed by atoms with Crippen LogP contribution in [0.1, 0.15) is 40.5 Å². The van der Waals surface area contributed by atoms with Gasteiger partial charge in [0.05, 0.1) is 12.2 Å². The Bertz CT molecular complexity index is 200. The molecule has 1 aliphatic heterocycles. The highest BCUT2D eigenvalue weighted by atomic mass is 16.8. The Kier molecular flexibility index (Phi) is 2.16. The summed E-state index contributed by atoms with van der Waals surface area (Å²) in [6.45, 7) is 8.56. The summed E-state index contributed by atoms with van der Waals surface area (Å²) in [7, 11) is 0. The molecule has 0 radical (unpaired) electrons. The van der Waals surface area contributed by atoms with Crippen molar-refractivity contribution in [3.05, 3.63) is 0 Å². The van der Waals surface area contributed by atoms with E-state index in [4.69, 9.17) is 9.47 Å². The van der Waals surface area contributed by atoms with E-state index < -0.39 is 0 Å². The number of hydrogen-bond donors (Lipinski definition) is 0. The molecule has 0 N–H and O–H groups in total.